The standard InChI is InChI=1S/C23H25N3O3S2/c1-16-8-10-20(11-9-16)31(28,29)26-14-12-19(13-15-26)22(27)25-23-24-17(2)21(30-23)18-6-4-3-5-7-18/h3-11,19H,12-15H2,1-2H3,(H,24,25,27). The molecule has 4 rings (SSSR count). The molecule has 0 saturated carbocycles. The number of nitrogens with zero attached hydrogens (tertiary/aromatic N) is 2. The highest BCUT2D eigenvalue weighted by Gasteiger charge is 2.32. The number of thiazole rings is 1. The Morgan fingerprint density at radius 2 is 1.68 bits per heavy atom. The van der Waals surface area contributed by atoms with E-state index in [0.717, 1.165) is 21.7 Å². The van der Waals surface area contributed by atoms with Gasteiger partial charge in [-0.25, -0.2) is 13.4 Å². The lowest BCUT2D eigenvalue weighted by Gasteiger charge is -2.30. The number of piperidine rings is 1. The van der Waals surface area contributed by atoms with Gasteiger partial charge in [-0.15, -0.1) is 0 Å². The van der Waals surface area contributed by atoms with Gasteiger partial charge < -0.3 is 5.32 Å². The molecule has 2 heterocycles. The Bertz CT molecular complexity index is 1160. The first-order valence-corrected chi connectivity index (χ1v) is 12.5. The van der Waals surface area contributed by atoms with Gasteiger partial charge in [0.25, 0.3) is 0 Å². The third-order valence-corrected chi connectivity index (χ3v) is 8.58. The quantitative estimate of drug-likeness (QED) is 0.616. The van der Waals surface area contributed by atoms with Crippen molar-refractivity contribution in [1.29, 1.82) is 0 Å². The number of aryl methyl sites for hydroxylation is 2. The van der Waals surface area contributed by atoms with Crippen molar-refractivity contribution < 1.29 is 13.2 Å². The lowest BCUT2D eigenvalue weighted by Crippen LogP contribution is -2.41. The third kappa shape index (κ3) is 4.71. The van der Waals surface area contributed by atoms with Crippen LogP contribution in [0, 0.1) is 19.8 Å². The van der Waals surface area contributed by atoms with E-state index in [0.29, 0.717) is 36.0 Å². The van der Waals surface area contributed by atoms with Gasteiger partial charge in [-0.2, -0.15) is 4.31 Å². The fraction of sp³-hybridized carbons (Fsp3) is 0.304. The van der Waals surface area contributed by atoms with Gasteiger partial charge in [0, 0.05) is 19.0 Å². The topological polar surface area (TPSA) is 79.4 Å². The van der Waals surface area contributed by atoms with Crippen molar-refractivity contribution in [2.24, 2.45) is 5.92 Å². The number of aromatic nitrogens is 1. The smallest absolute Gasteiger partial charge is 0.243 e. The average molecular weight is 456 g/mol. The van der Waals surface area contributed by atoms with Crippen molar-refractivity contribution in [2.45, 2.75) is 31.6 Å². The second kappa shape index (κ2) is 8.90. The fourth-order valence-corrected chi connectivity index (χ4v) is 6.18. The van der Waals surface area contributed by atoms with E-state index in [-0.39, 0.29) is 11.8 Å². The van der Waals surface area contributed by atoms with E-state index in [1.807, 2.05) is 44.2 Å². The third-order valence-electron chi connectivity index (χ3n) is 5.55. The van der Waals surface area contributed by atoms with E-state index in [9.17, 15) is 13.2 Å². The Morgan fingerprint density at radius 3 is 2.32 bits per heavy atom. The minimum atomic E-state index is -3.53. The summed E-state index contributed by atoms with van der Waals surface area (Å²) in [5, 5.41) is 3.51. The molecule has 1 saturated heterocycles. The lowest BCUT2D eigenvalue weighted by molar-refractivity contribution is -0.120. The van der Waals surface area contributed by atoms with Crippen molar-refractivity contribution >= 4 is 32.4 Å². The van der Waals surface area contributed by atoms with Crippen LogP contribution < -0.4 is 5.32 Å². The summed E-state index contributed by atoms with van der Waals surface area (Å²) in [6, 6.07) is 16.8. The van der Waals surface area contributed by atoms with Crippen molar-refractivity contribution in [3.8, 4) is 10.4 Å². The molecule has 0 unspecified atom stereocenters. The molecular formula is C23H25N3O3S2. The van der Waals surface area contributed by atoms with Crippen LogP contribution in [0.25, 0.3) is 10.4 Å². The molecule has 0 aliphatic carbocycles. The fourth-order valence-electron chi connectivity index (χ4n) is 3.73. The summed E-state index contributed by atoms with van der Waals surface area (Å²) in [6.45, 7) is 4.52. The number of rotatable bonds is 5. The highest BCUT2D eigenvalue weighted by molar-refractivity contribution is 7.89. The van der Waals surface area contributed by atoms with Gasteiger partial charge in [-0.3, -0.25) is 4.79 Å². The molecule has 1 N–H and O–H groups in total. The van der Waals surface area contributed by atoms with Crippen molar-refractivity contribution in [3.63, 3.8) is 0 Å². The second-order valence-corrected chi connectivity index (χ2v) is 10.7. The van der Waals surface area contributed by atoms with Crippen LogP contribution in [0.3, 0.4) is 0 Å². The number of anilines is 1. The average Bonchev–Trinajstić information content (AvgIpc) is 3.14. The zero-order valence-corrected chi connectivity index (χ0v) is 19.2. The maximum absolute atomic E-state index is 12.9. The summed E-state index contributed by atoms with van der Waals surface area (Å²) >= 11 is 1.46. The number of carbonyl (C=O) groups excluding carboxylic acids is 1. The Balaban J connectivity index is 1.38. The molecule has 1 aliphatic rings. The first kappa shape index (κ1) is 21.7. The molecule has 0 atom stereocenters. The molecule has 2 aromatic carbocycles. The molecular weight excluding hydrogens is 430 g/mol. The second-order valence-electron chi connectivity index (χ2n) is 7.78. The van der Waals surface area contributed by atoms with Crippen LogP contribution in [-0.4, -0.2) is 36.7 Å². The Morgan fingerprint density at radius 1 is 1.03 bits per heavy atom. The first-order valence-electron chi connectivity index (χ1n) is 10.2. The Hall–Kier alpha value is -2.55. The summed E-state index contributed by atoms with van der Waals surface area (Å²) in [4.78, 5) is 18.6. The molecule has 0 spiro atoms. The predicted molar refractivity (Wildman–Crippen MR) is 124 cm³/mol. The summed E-state index contributed by atoms with van der Waals surface area (Å²) < 4.78 is 27.2. The molecule has 0 radical (unpaired) electrons. The lowest BCUT2D eigenvalue weighted by atomic mass is 9.97. The van der Waals surface area contributed by atoms with Gasteiger partial charge >= 0.3 is 0 Å². The van der Waals surface area contributed by atoms with Gasteiger partial charge in [0.2, 0.25) is 15.9 Å². The monoisotopic (exact) mass is 455 g/mol. The number of hydrogen-bond donors (Lipinski definition) is 1. The molecule has 162 valence electrons. The minimum absolute atomic E-state index is 0.0965. The van der Waals surface area contributed by atoms with Crippen LogP contribution in [0.2, 0.25) is 0 Å². The first-order chi connectivity index (χ1) is 14.8. The zero-order chi connectivity index (χ0) is 22.0. The largest absolute Gasteiger partial charge is 0.302 e. The zero-order valence-electron chi connectivity index (χ0n) is 17.5. The number of hydrogen-bond acceptors (Lipinski definition) is 5. The summed E-state index contributed by atoms with van der Waals surface area (Å²) in [5.74, 6) is -0.324. The highest BCUT2D eigenvalue weighted by Crippen LogP contribution is 2.33. The van der Waals surface area contributed by atoms with Gasteiger partial charge in [0.1, 0.15) is 0 Å². The maximum Gasteiger partial charge on any atom is 0.243 e. The van der Waals surface area contributed by atoms with Crippen LogP contribution >= 0.6 is 11.3 Å². The Kier molecular flexibility index (Phi) is 6.22. The van der Waals surface area contributed by atoms with Crippen LogP contribution in [0.5, 0.6) is 0 Å². The number of nitrogens with one attached hydrogen (secondary N) is 1. The number of benzene rings is 2. The van der Waals surface area contributed by atoms with Crippen molar-refractivity contribution in [3.05, 3.63) is 65.9 Å². The molecule has 8 heteroatoms. The van der Waals surface area contributed by atoms with E-state index >= 15 is 0 Å². The number of amides is 1. The number of carbonyl (C=O) groups is 1. The molecule has 1 amide bonds. The molecule has 6 nitrogen and oxygen atoms in total. The van der Waals surface area contributed by atoms with E-state index in [1.54, 1.807) is 24.3 Å². The highest BCUT2D eigenvalue weighted by atomic mass is 32.2. The molecule has 1 aliphatic heterocycles. The molecule has 31 heavy (non-hydrogen) atoms. The van der Waals surface area contributed by atoms with E-state index in [1.165, 1.54) is 15.6 Å². The van der Waals surface area contributed by atoms with E-state index in [2.05, 4.69) is 10.3 Å². The minimum Gasteiger partial charge on any atom is -0.302 e. The maximum atomic E-state index is 12.9. The van der Waals surface area contributed by atoms with Crippen molar-refractivity contribution in [2.75, 3.05) is 18.4 Å². The van der Waals surface area contributed by atoms with Crippen LogP contribution in [0.1, 0.15) is 24.1 Å². The van der Waals surface area contributed by atoms with E-state index in [4.69, 9.17) is 0 Å². The summed E-state index contributed by atoms with van der Waals surface area (Å²) in [7, 11) is -3.53. The Labute approximate surface area is 187 Å². The van der Waals surface area contributed by atoms with Crippen LogP contribution in [-0.2, 0) is 14.8 Å². The predicted octanol–water partition coefficient (Wildman–Crippen LogP) is 4.47. The van der Waals surface area contributed by atoms with Gasteiger partial charge in [0.05, 0.1) is 15.5 Å². The molecule has 1 aromatic heterocycles. The number of sulfonamides is 1. The summed E-state index contributed by atoms with van der Waals surface area (Å²) in [6.07, 6.45) is 0.986. The van der Waals surface area contributed by atoms with E-state index < -0.39 is 10.0 Å². The van der Waals surface area contributed by atoms with Gasteiger partial charge in [0.15, 0.2) is 5.13 Å². The molecule has 1 fully saturated rings. The normalized spacial score (nSPS) is 15.7. The molecule has 0 bridgehead atoms. The molecule has 3 aromatic rings. The van der Waals surface area contributed by atoms with Gasteiger partial charge in [-0.1, -0.05) is 59.4 Å². The van der Waals surface area contributed by atoms with Crippen LogP contribution in [0.4, 0.5) is 5.13 Å². The van der Waals surface area contributed by atoms with Gasteiger partial charge in [-0.05, 0) is 44.4 Å². The SMILES string of the molecule is Cc1ccc(S(=O)(=O)N2CCC(C(=O)Nc3nc(C)c(-c4ccccc4)s3)CC2)cc1. The summed E-state index contributed by atoms with van der Waals surface area (Å²) in [5.41, 5.74) is 2.97. The van der Waals surface area contributed by atoms with Crippen molar-refractivity contribution in [1.82, 2.24) is 9.29 Å². The van der Waals surface area contributed by atoms with Crippen LogP contribution in [0.15, 0.2) is 59.5 Å².